The lowest BCUT2D eigenvalue weighted by molar-refractivity contribution is -0.119. The molecule has 1 heterocycles. The minimum atomic E-state index is -0.0717. The monoisotopic (exact) mass is 295 g/mol. The van der Waals surface area contributed by atoms with Crippen LogP contribution >= 0.6 is 11.6 Å². The number of piperazine rings is 1. The molecule has 20 heavy (non-hydrogen) atoms. The van der Waals surface area contributed by atoms with E-state index in [9.17, 15) is 9.59 Å². The SMILES string of the molecule is O=CN1CCN(C(=O)NCCc2cccc(Cl)c2)CC1. The van der Waals surface area contributed by atoms with E-state index in [0.717, 1.165) is 18.4 Å². The smallest absolute Gasteiger partial charge is 0.317 e. The third-order valence-electron chi connectivity index (χ3n) is 3.33. The summed E-state index contributed by atoms with van der Waals surface area (Å²) < 4.78 is 0. The van der Waals surface area contributed by atoms with Gasteiger partial charge in [-0.2, -0.15) is 0 Å². The molecule has 2 rings (SSSR count). The molecule has 0 bridgehead atoms. The molecule has 1 aliphatic rings. The van der Waals surface area contributed by atoms with Gasteiger partial charge >= 0.3 is 6.03 Å². The van der Waals surface area contributed by atoms with E-state index < -0.39 is 0 Å². The number of carbonyl (C=O) groups excluding carboxylic acids is 2. The lowest BCUT2D eigenvalue weighted by Crippen LogP contribution is -2.51. The first-order chi connectivity index (χ1) is 9.69. The average Bonchev–Trinajstić information content (AvgIpc) is 2.47. The summed E-state index contributed by atoms with van der Waals surface area (Å²) in [5.41, 5.74) is 1.10. The summed E-state index contributed by atoms with van der Waals surface area (Å²) in [5, 5.41) is 3.60. The first kappa shape index (κ1) is 14.7. The standard InChI is InChI=1S/C14H18ClN3O2/c15-13-3-1-2-12(10-13)4-5-16-14(20)18-8-6-17(11-19)7-9-18/h1-3,10-11H,4-9H2,(H,16,20). The number of urea groups is 1. The molecular weight excluding hydrogens is 278 g/mol. The average molecular weight is 296 g/mol. The first-order valence-electron chi connectivity index (χ1n) is 6.65. The number of hydrogen-bond acceptors (Lipinski definition) is 2. The van der Waals surface area contributed by atoms with Crippen molar-refractivity contribution in [2.75, 3.05) is 32.7 Å². The van der Waals surface area contributed by atoms with Crippen molar-refractivity contribution in [1.82, 2.24) is 15.1 Å². The van der Waals surface area contributed by atoms with Crippen molar-refractivity contribution >= 4 is 24.0 Å². The van der Waals surface area contributed by atoms with Gasteiger partial charge in [0.25, 0.3) is 0 Å². The number of hydrogen-bond donors (Lipinski definition) is 1. The second-order valence-corrected chi connectivity index (χ2v) is 5.18. The topological polar surface area (TPSA) is 52.7 Å². The van der Waals surface area contributed by atoms with E-state index in [2.05, 4.69) is 5.32 Å². The summed E-state index contributed by atoms with van der Waals surface area (Å²) in [5.74, 6) is 0. The molecule has 108 valence electrons. The maximum absolute atomic E-state index is 11.9. The zero-order valence-electron chi connectivity index (χ0n) is 11.2. The van der Waals surface area contributed by atoms with Crippen molar-refractivity contribution in [3.63, 3.8) is 0 Å². The Bertz CT molecular complexity index is 473. The molecule has 1 aromatic carbocycles. The van der Waals surface area contributed by atoms with Crippen LogP contribution in [0.1, 0.15) is 5.56 Å². The van der Waals surface area contributed by atoms with Crippen LogP contribution in [0.3, 0.4) is 0 Å². The van der Waals surface area contributed by atoms with Gasteiger partial charge in [0.2, 0.25) is 6.41 Å². The molecule has 0 radical (unpaired) electrons. The molecule has 6 heteroatoms. The number of halogens is 1. The maximum Gasteiger partial charge on any atom is 0.317 e. The molecule has 0 atom stereocenters. The number of rotatable bonds is 4. The van der Waals surface area contributed by atoms with E-state index in [0.29, 0.717) is 37.7 Å². The van der Waals surface area contributed by atoms with Gasteiger partial charge in [0.05, 0.1) is 0 Å². The quantitative estimate of drug-likeness (QED) is 0.853. The summed E-state index contributed by atoms with van der Waals surface area (Å²) in [6.07, 6.45) is 1.58. The van der Waals surface area contributed by atoms with Gasteiger partial charge in [0.15, 0.2) is 0 Å². The number of nitrogens with one attached hydrogen (secondary N) is 1. The highest BCUT2D eigenvalue weighted by atomic mass is 35.5. The minimum Gasteiger partial charge on any atom is -0.342 e. The molecular formula is C14H18ClN3O2. The van der Waals surface area contributed by atoms with Crippen LogP contribution in [-0.4, -0.2) is 55.0 Å². The molecule has 1 N–H and O–H groups in total. The number of nitrogens with zero attached hydrogens (tertiary/aromatic N) is 2. The Balaban J connectivity index is 1.71. The third-order valence-corrected chi connectivity index (χ3v) is 3.56. The Hall–Kier alpha value is -1.75. The number of amides is 3. The van der Waals surface area contributed by atoms with Gasteiger partial charge in [-0.15, -0.1) is 0 Å². The van der Waals surface area contributed by atoms with Crippen LogP contribution in [0.2, 0.25) is 5.02 Å². The van der Waals surface area contributed by atoms with Gasteiger partial charge in [-0.05, 0) is 24.1 Å². The van der Waals surface area contributed by atoms with Crippen molar-refractivity contribution in [3.05, 3.63) is 34.9 Å². The van der Waals surface area contributed by atoms with E-state index in [-0.39, 0.29) is 6.03 Å². The van der Waals surface area contributed by atoms with Gasteiger partial charge in [-0.1, -0.05) is 23.7 Å². The maximum atomic E-state index is 11.9. The van der Waals surface area contributed by atoms with Crippen molar-refractivity contribution in [2.45, 2.75) is 6.42 Å². The number of carbonyl (C=O) groups is 2. The minimum absolute atomic E-state index is 0.0717. The zero-order valence-corrected chi connectivity index (χ0v) is 12.0. The Kier molecular flexibility index (Phi) is 5.24. The lowest BCUT2D eigenvalue weighted by Gasteiger charge is -2.32. The highest BCUT2D eigenvalue weighted by molar-refractivity contribution is 6.30. The molecule has 1 aliphatic heterocycles. The Morgan fingerprint density at radius 3 is 2.70 bits per heavy atom. The van der Waals surface area contributed by atoms with E-state index in [1.807, 2.05) is 24.3 Å². The Morgan fingerprint density at radius 1 is 1.30 bits per heavy atom. The lowest BCUT2D eigenvalue weighted by atomic mass is 10.1. The fourth-order valence-electron chi connectivity index (χ4n) is 2.15. The van der Waals surface area contributed by atoms with Crippen LogP contribution in [-0.2, 0) is 11.2 Å². The molecule has 0 aromatic heterocycles. The second-order valence-electron chi connectivity index (χ2n) is 4.74. The van der Waals surface area contributed by atoms with Crippen molar-refractivity contribution in [1.29, 1.82) is 0 Å². The zero-order chi connectivity index (χ0) is 14.4. The largest absolute Gasteiger partial charge is 0.342 e. The molecule has 0 aliphatic carbocycles. The summed E-state index contributed by atoms with van der Waals surface area (Å²) >= 11 is 5.91. The van der Waals surface area contributed by atoms with E-state index in [1.54, 1.807) is 9.80 Å². The summed E-state index contributed by atoms with van der Waals surface area (Å²) in [6, 6.07) is 7.55. The van der Waals surface area contributed by atoms with Gasteiger partial charge in [0, 0.05) is 37.7 Å². The normalized spacial score (nSPS) is 15.1. The van der Waals surface area contributed by atoms with Crippen LogP contribution in [0.4, 0.5) is 4.79 Å². The molecule has 5 nitrogen and oxygen atoms in total. The van der Waals surface area contributed by atoms with Crippen molar-refractivity contribution in [3.8, 4) is 0 Å². The number of benzene rings is 1. The Labute approximate surface area is 123 Å². The fraction of sp³-hybridized carbons (Fsp3) is 0.429. The van der Waals surface area contributed by atoms with Gasteiger partial charge in [-0.3, -0.25) is 4.79 Å². The van der Waals surface area contributed by atoms with Crippen LogP contribution < -0.4 is 5.32 Å². The molecule has 1 fully saturated rings. The fourth-order valence-corrected chi connectivity index (χ4v) is 2.36. The first-order valence-corrected chi connectivity index (χ1v) is 7.03. The summed E-state index contributed by atoms with van der Waals surface area (Å²) in [4.78, 5) is 25.9. The molecule has 1 saturated heterocycles. The van der Waals surface area contributed by atoms with Gasteiger partial charge in [0.1, 0.15) is 0 Å². The molecule has 1 aromatic rings. The molecule has 0 saturated carbocycles. The second kappa shape index (κ2) is 7.14. The molecule has 0 unspecified atom stereocenters. The van der Waals surface area contributed by atoms with Gasteiger partial charge < -0.3 is 15.1 Å². The molecule has 3 amide bonds. The van der Waals surface area contributed by atoms with Crippen LogP contribution in [0.25, 0.3) is 0 Å². The third kappa shape index (κ3) is 4.13. The molecule has 0 spiro atoms. The van der Waals surface area contributed by atoms with Crippen LogP contribution in [0.15, 0.2) is 24.3 Å². The predicted octanol–water partition coefficient (Wildman–Crippen LogP) is 1.37. The van der Waals surface area contributed by atoms with E-state index in [4.69, 9.17) is 11.6 Å². The highest BCUT2D eigenvalue weighted by Gasteiger charge is 2.19. The van der Waals surface area contributed by atoms with Crippen molar-refractivity contribution in [2.24, 2.45) is 0 Å². The highest BCUT2D eigenvalue weighted by Crippen LogP contribution is 2.10. The summed E-state index contributed by atoms with van der Waals surface area (Å²) in [7, 11) is 0. The Morgan fingerprint density at radius 2 is 2.05 bits per heavy atom. The van der Waals surface area contributed by atoms with Crippen LogP contribution in [0.5, 0.6) is 0 Å². The summed E-state index contributed by atoms with van der Waals surface area (Å²) in [6.45, 7) is 2.95. The van der Waals surface area contributed by atoms with E-state index >= 15 is 0 Å². The van der Waals surface area contributed by atoms with Gasteiger partial charge in [-0.25, -0.2) is 4.79 Å². The van der Waals surface area contributed by atoms with Crippen molar-refractivity contribution < 1.29 is 9.59 Å². The van der Waals surface area contributed by atoms with E-state index in [1.165, 1.54) is 0 Å². The van der Waals surface area contributed by atoms with Crippen LogP contribution in [0, 0.1) is 0 Å². The predicted molar refractivity (Wildman–Crippen MR) is 77.8 cm³/mol.